The van der Waals surface area contributed by atoms with E-state index in [1.807, 2.05) is 0 Å². The van der Waals surface area contributed by atoms with Crippen molar-refractivity contribution in [3.63, 3.8) is 0 Å². The van der Waals surface area contributed by atoms with E-state index >= 15 is 0 Å². The highest BCUT2D eigenvalue weighted by Crippen LogP contribution is 2.22. The third-order valence-electron chi connectivity index (χ3n) is 2.04. The molecule has 1 atom stereocenters. The molecule has 0 saturated heterocycles. The maximum atomic E-state index is 12.9. The van der Waals surface area contributed by atoms with Gasteiger partial charge in [-0.25, -0.2) is 0 Å². The zero-order valence-corrected chi connectivity index (χ0v) is 7.89. The number of hydrogen-bond acceptors (Lipinski definition) is 4. The first kappa shape index (κ1) is 11.5. The van der Waals surface area contributed by atoms with Crippen LogP contribution in [0.25, 0.3) is 0 Å². The Bertz CT molecular complexity index is 370. The minimum atomic E-state index is -0.889. The zero-order valence-electron chi connectivity index (χ0n) is 7.89. The molecule has 0 aliphatic heterocycles. The summed E-state index contributed by atoms with van der Waals surface area (Å²) < 4.78 is 12.9. The van der Waals surface area contributed by atoms with Crippen molar-refractivity contribution in [2.24, 2.45) is 5.73 Å². The Morgan fingerprint density at radius 1 is 1.60 bits per heavy atom. The van der Waals surface area contributed by atoms with Gasteiger partial charge in [0.1, 0.15) is 0 Å². The van der Waals surface area contributed by atoms with Gasteiger partial charge in [0.2, 0.25) is 5.82 Å². The number of hydrogen-bond donors (Lipinski definition) is 2. The minimum Gasteiger partial charge on any atom is -0.396 e. The Kier molecular flexibility index (Phi) is 3.70. The van der Waals surface area contributed by atoms with Crippen molar-refractivity contribution in [1.82, 2.24) is 0 Å². The number of halogens is 1. The normalized spacial score (nSPS) is 12.5. The van der Waals surface area contributed by atoms with E-state index in [9.17, 15) is 14.5 Å². The molecule has 0 heterocycles. The summed E-state index contributed by atoms with van der Waals surface area (Å²) in [4.78, 5) is 9.63. The predicted molar refractivity (Wildman–Crippen MR) is 51.7 cm³/mol. The van der Waals surface area contributed by atoms with E-state index in [2.05, 4.69) is 0 Å². The maximum absolute atomic E-state index is 12.9. The highest BCUT2D eigenvalue weighted by Gasteiger charge is 2.16. The summed E-state index contributed by atoms with van der Waals surface area (Å²) in [5.41, 5.74) is 5.46. The summed E-state index contributed by atoms with van der Waals surface area (Å²) in [5.74, 6) is -0.889. The molecule has 0 spiro atoms. The topological polar surface area (TPSA) is 89.4 Å². The molecule has 0 aliphatic carbocycles. The number of nitro groups is 1. The summed E-state index contributed by atoms with van der Waals surface area (Å²) in [6.45, 7) is -0.119. The Morgan fingerprint density at radius 3 is 2.80 bits per heavy atom. The van der Waals surface area contributed by atoms with Gasteiger partial charge in [0.05, 0.1) is 4.92 Å². The molecular formula is C9H11FN2O3. The molecule has 0 unspecified atom stereocenters. The van der Waals surface area contributed by atoms with Crippen LogP contribution in [0.5, 0.6) is 0 Å². The van der Waals surface area contributed by atoms with Gasteiger partial charge in [-0.05, 0) is 18.1 Å². The van der Waals surface area contributed by atoms with Gasteiger partial charge in [0, 0.05) is 18.7 Å². The van der Waals surface area contributed by atoms with Gasteiger partial charge in [0.15, 0.2) is 0 Å². The van der Waals surface area contributed by atoms with Crippen molar-refractivity contribution in [3.05, 3.63) is 39.7 Å². The molecule has 1 aromatic carbocycles. The summed E-state index contributed by atoms with van der Waals surface area (Å²) in [7, 11) is 0. The molecular weight excluding hydrogens is 203 g/mol. The average Bonchev–Trinajstić information content (AvgIpc) is 2.18. The second-order valence-corrected chi connectivity index (χ2v) is 3.09. The molecule has 0 amide bonds. The lowest BCUT2D eigenvalue weighted by atomic mass is 10.0. The second-order valence-electron chi connectivity index (χ2n) is 3.09. The summed E-state index contributed by atoms with van der Waals surface area (Å²) in [6.07, 6.45) is 0.281. The van der Waals surface area contributed by atoms with E-state index in [-0.39, 0.29) is 13.0 Å². The standard InChI is InChI=1S/C9H11FN2O3/c10-7-2-1-6(8(11)3-4-13)5-9(7)12(14)15/h1-2,5,8,13H,3-4,11H2/t8-/m0/s1. The van der Waals surface area contributed by atoms with Crippen molar-refractivity contribution in [1.29, 1.82) is 0 Å². The van der Waals surface area contributed by atoms with Crippen LogP contribution in [0.1, 0.15) is 18.0 Å². The number of rotatable bonds is 4. The molecule has 82 valence electrons. The van der Waals surface area contributed by atoms with Crippen LogP contribution in [-0.4, -0.2) is 16.6 Å². The van der Waals surface area contributed by atoms with Crippen LogP contribution in [-0.2, 0) is 0 Å². The zero-order chi connectivity index (χ0) is 11.4. The van der Waals surface area contributed by atoms with E-state index in [4.69, 9.17) is 10.8 Å². The fourth-order valence-corrected chi connectivity index (χ4v) is 1.21. The van der Waals surface area contributed by atoms with E-state index in [1.54, 1.807) is 0 Å². The third-order valence-corrected chi connectivity index (χ3v) is 2.04. The fourth-order valence-electron chi connectivity index (χ4n) is 1.21. The van der Waals surface area contributed by atoms with E-state index in [0.717, 1.165) is 12.1 Å². The van der Waals surface area contributed by atoms with E-state index in [1.165, 1.54) is 6.07 Å². The number of nitrogens with two attached hydrogens (primary N) is 1. The molecule has 6 heteroatoms. The van der Waals surface area contributed by atoms with Gasteiger partial charge in [-0.2, -0.15) is 4.39 Å². The SMILES string of the molecule is N[C@@H](CCO)c1ccc(F)c([N+](=O)[O-])c1. The number of aliphatic hydroxyl groups is 1. The fraction of sp³-hybridized carbons (Fsp3) is 0.333. The molecule has 0 fully saturated rings. The van der Waals surface area contributed by atoms with Crippen LogP contribution in [0.3, 0.4) is 0 Å². The highest BCUT2D eigenvalue weighted by atomic mass is 19.1. The van der Waals surface area contributed by atoms with E-state index < -0.39 is 22.5 Å². The largest absolute Gasteiger partial charge is 0.396 e. The van der Waals surface area contributed by atoms with Crippen molar-refractivity contribution in [2.45, 2.75) is 12.5 Å². The summed E-state index contributed by atoms with van der Waals surface area (Å²) in [5, 5.41) is 19.1. The first-order valence-electron chi connectivity index (χ1n) is 4.36. The Labute approximate surface area is 85.5 Å². The van der Waals surface area contributed by atoms with Crippen molar-refractivity contribution >= 4 is 5.69 Å². The monoisotopic (exact) mass is 214 g/mol. The number of nitrogens with zero attached hydrogens (tertiary/aromatic N) is 1. The minimum absolute atomic E-state index is 0.119. The van der Waals surface area contributed by atoms with Crippen LogP contribution in [0, 0.1) is 15.9 Å². The molecule has 0 aliphatic rings. The number of aliphatic hydroxyl groups excluding tert-OH is 1. The van der Waals surface area contributed by atoms with Crippen molar-refractivity contribution in [2.75, 3.05) is 6.61 Å². The van der Waals surface area contributed by atoms with Crippen molar-refractivity contribution in [3.8, 4) is 0 Å². The number of benzene rings is 1. The lowest BCUT2D eigenvalue weighted by molar-refractivity contribution is -0.387. The molecule has 5 nitrogen and oxygen atoms in total. The third kappa shape index (κ3) is 2.71. The van der Waals surface area contributed by atoms with Gasteiger partial charge >= 0.3 is 5.69 Å². The second kappa shape index (κ2) is 4.81. The molecule has 0 radical (unpaired) electrons. The first-order chi connectivity index (χ1) is 7.06. The Hall–Kier alpha value is -1.53. The van der Waals surface area contributed by atoms with E-state index in [0.29, 0.717) is 5.56 Å². The molecule has 1 aromatic rings. The van der Waals surface area contributed by atoms with Gasteiger partial charge in [0.25, 0.3) is 0 Å². The molecule has 0 saturated carbocycles. The van der Waals surface area contributed by atoms with Gasteiger partial charge in [-0.3, -0.25) is 10.1 Å². The molecule has 15 heavy (non-hydrogen) atoms. The van der Waals surface area contributed by atoms with Gasteiger partial charge < -0.3 is 10.8 Å². The van der Waals surface area contributed by atoms with Crippen LogP contribution in [0.2, 0.25) is 0 Å². The molecule has 0 bridgehead atoms. The molecule has 3 N–H and O–H groups in total. The lowest BCUT2D eigenvalue weighted by Crippen LogP contribution is -2.12. The van der Waals surface area contributed by atoms with Crippen LogP contribution in [0.4, 0.5) is 10.1 Å². The van der Waals surface area contributed by atoms with Crippen LogP contribution >= 0.6 is 0 Å². The first-order valence-corrected chi connectivity index (χ1v) is 4.36. The average molecular weight is 214 g/mol. The van der Waals surface area contributed by atoms with Crippen molar-refractivity contribution < 1.29 is 14.4 Å². The molecule has 0 aromatic heterocycles. The quantitative estimate of drug-likeness (QED) is 0.580. The number of nitro benzene ring substituents is 1. The molecule has 1 rings (SSSR count). The summed E-state index contributed by atoms with van der Waals surface area (Å²) >= 11 is 0. The Balaban J connectivity index is 3.02. The van der Waals surface area contributed by atoms with Crippen LogP contribution < -0.4 is 5.73 Å². The van der Waals surface area contributed by atoms with Crippen LogP contribution in [0.15, 0.2) is 18.2 Å². The highest BCUT2D eigenvalue weighted by molar-refractivity contribution is 5.37. The maximum Gasteiger partial charge on any atom is 0.305 e. The lowest BCUT2D eigenvalue weighted by Gasteiger charge is -2.09. The smallest absolute Gasteiger partial charge is 0.305 e. The summed E-state index contributed by atoms with van der Waals surface area (Å²) in [6, 6.07) is 2.96. The predicted octanol–water partition coefficient (Wildman–Crippen LogP) is 1.12. The van der Waals surface area contributed by atoms with Gasteiger partial charge in [-0.1, -0.05) is 6.07 Å². The van der Waals surface area contributed by atoms with Gasteiger partial charge in [-0.15, -0.1) is 0 Å². The Morgan fingerprint density at radius 2 is 2.27 bits per heavy atom.